The van der Waals surface area contributed by atoms with Gasteiger partial charge in [0.2, 0.25) is 0 Å². The molecule has 0 aliphatic heterocycles. The van der Waals surface area contributed by atoms with Crippen LogP contribution in [0, 0.1) is 23.7 Å². The zero-order valence-electron chi connectivity index (χ0n) is 10.4. The summed E-state index contributed by atoms with van der Waals surface area (Å²) in [4.78, 5) is 2.41. The third-order valence-corrected chi connectivity index (χ3v) is 2.38. The quantitative estimate of drug-likeness (QED) is 0.589. The highest BCUT2D eigenvalue weighted by Crippen LogP contribution is 2.08. The van der Waals surface area contributed by atoms with Gasteiger partial charge in [-0.15, -0.1) is 11.8 Å². The molecule has 1 unspecified atom stereocenters. The van der Waals surface area contributed by atoms with Crippen molar-refractivity contribution >= 4 is 0 Å². The van der Waals surface area contributed by atoms with Gasteiger partial charge >= 0.3 is 0 Å². The second kappa shape index (κ2) is 7.88. The lowest BCUT2D eigenvalue weighted by Crippen LogP contribution is -2.25. The Morgan fingerprint density at radius 1 is 1.29 bits per heavy atom. The Balaban J connectivity index is 3.71. The van der Waals surface area contributed by atoms with E-state index in [1.54, 1.807) is 0 Å². The lowest BCUT2D eigenvalue weighted by molar-refractivity contribution is 0.280. The monoisotopic (exact) mass is 195 g/mol. The molecule has 82 valence electrons. The first-order chi connectivity index (χ1) is 6.60. The molecule has 0 aromatic heterocycles. The van der Waals surface area contributed by atoms with E-state index in [1.165, 1.54) is 25.9 Å². The topological polar surface area (TPSA) is 3.24 Å². The van der Waals surface area contributed by atoms with Crippen molar-refractivity contribution in [2.45, 2.75) is 40.5 Å². The van der Waals surface area contributed by atoms with Crippen molar-refractivity contribution in [1.82, 2.24) is 4.90 Å². The largest absolute Gasteiger partial charge is 0.306 e. The van der Waals surface area contributed by atoms with Crippen molar-refractivity contribution in [1.29, 1.82) is 0 Å². The molecule has 1 atom stereocenters. The fourth-order valence-electron chi connectivity index (χ4n) is 1.67. The van der Waals surface area contributed by atoms with Gasteiger partial charge in [-0.1, -0.05) is 20.8 Å². The first-order valence-corrected chi connectivity index (χ1v) is 5.70. The fraction of sp³-hybridized carbons (Fsp3) is 0.846. The van der Waals surface area contributed by atoms with Crippen LogP contribution in [-0.2, 0) is 0 Å². The maximum absolute atomic E-state index is 3.26. The van der Waals surface area contributed by atoms with E-state index in [0.717, 1.165) is 5.92 Å². The maximum Gasteiger partial charge on any atom is 0.0212 e. The van der Waals surface area contributed by atoms with Crippen molar-refractivity contribution < 1.29 is 0 Å². The molecule has 0 aliphatic carbocycles. The third kappa shape index (κ3) is 6.97. The zero-order chi connectivity index (χ0) is 11.0. The molecule has 0 amide bonds. The normalized spacial score (nSPS) is 12.8. The van der Waals surface area contributed by atoms with Gasteiger partial charge in [0, 0.05) is 12.5 Å². The maximum atomic E-state index is 3.26. The molecule has 14 heavy (non-hydrogen) atoms. The molecule has 1 nitrogen and oxygen atoms in total. The van der Waals surface area contributed by atoms with E-state index in [-0.39, 0.29) is 0 Å². The van der Waals surface area contributed by atoms with Gasteiger partial charge in [-0.3, -0.25) is 0 Å². The Kier molecular flexibility index (Phi) is 7.61. The molecule has 0 N–H and O–H groups in total. The predicted molar refractivity (Wildman–Crippen MR) is 64.2 cm³/mol. The Morgan fingerprint density at radius 2 is 1.93 bits per heavy atom. The molecule has 0 radical (unpaired) electrons. The lowest BCUT2D eigenvalue weighted by Gasteiger charge is -2.20. The zero-order valence-corrected chi connectivity index (χ0v) is 10.4. The van der Waals surface area contributed by atoms with Crippen molar-refractivity contribution in [3.05, 3.63) is 0 Å². The fourth-order valence-corrected chi connectivity index (χ4v) is 1.67. The summed E-state index contributed by atoms with van der Waals surface area (Å²) >= 11 is 0. The van der Waals surface area contributed by atoms with Crippen LogP contribution < -0.4 is 0 Å². The molecule has 0 saturated carbocycles. The minimum absolute atomic E-state index is 0.592. The van der Waals surface area contributed by atoms with E-state index in [0.29, 0.717) is 5.92 Å². The van der Waals surface area contributed by atoms with Crippen molar-refractivity contribution in [3.8, 4) is 11.8 Å². The van der Waals surface area contributed by atoms with Crippen molar-refractivity contribution in [2.24, 2.45) is 11.8 Å². The van der Waals surface area contributed by atoms with Crippen LogP contribution >= 0.6 is 0 Å². The average Bonchev–Trinajstić information content (AvgIpc) is 2.11. The van der Waals surface area contributed by atoms with Gasteiger partial charge in [0.15, 0.2) is 0 Å². The van der Waals surface area contributed by atoms with Crippen LogP contribution in [-0.4, -0.2) is 25.0 Å². The number of nitrogens with zero attached hydrogens (tertiary/aromatic N) is 1. The van der Waals surface area contributed by atoms with Crippen LogP contribution in [0.15, 0.2) is 0 Å². The summed E-state index contributed by atoms with van der Waals surface area (Å²) in [5, 5.41) is 0. The van der Waals surface area contributed by atoms with E-state index in [1.807, 2.05) is 6.92 Å². The van der Waals surface area contributed by atoms with E-state index in [9.17, 15) is 0 Å². The van der Waals surface area contributed by atoms with Gasteiger partial charge < -0.3 is 4.90 Å². The minimum atomic E-state index is 0.592. The van der Waals surface area contributed by atoms with E-state index >= 15 is 0 Å². The molecular weight excluding hydrogens is 170 g/mol. The Labute approximate surface area is 89.9 Å². The van der Waals surface area contributed by atoms with Gasteiger partial charge in [0.1, 0.15) is 0 Å². The van der Waals surface area contributed by atoms with Crippen molar-refractivity contribution in [3.63, 3.8) is 0 Å². The Bertz CT molecular complexity index is 185. The molecule has 0 aromatic carbocycles. The molecule has 0 aromatic rings. The highest BCUT2D eigenvalue weighted by Gasteiger charge is 2.05. The Morgan fingerprint density at radius 3 is 2.36 bits per heavy atom. The van der Waals surface area contributed by atoms with Crippen LogP contribution in [0.3, 0.4) is 0 Å². The minimum Gasteiger partial charge on any atom is -0.306 e. The molecule has 0 bridgehead atoms. The van der Waals surface area contributed by atoms with Gasteiger partial charge in [-0.2, -0.15) is 0 Å². The number of hydrogen-bond acceptors (Lipinski definition) is 1. The standard InChI is InChI=1S/C13H25N/c1-6-8-13(7-2)9-10-14(5)11-12(3)4/h12-13H,7,9-11H2,1-5H3. The van der Waals surface area contributed by atoms with E-state index in [4.69, 9.17) is 0 Å². The molecule has 0 rings (SSSR count). The molecule has 0 aliphatic rings. The van der Waals surface area contributed by atoms with Crippen LogP contribution in [0.25, 0.3) is 0 Å². The highest BCUT2D eigenvalue weighted by atomic mass is 15.1. The van der Waals surface area contributed by atoms with Gasteiger partial charge in [-0.05, 0) is 39.3 Å². The second-order valence-corrected chi connectivity index (χ2v) is 4.44. The second-order valence-electron chi connectivity index (χ2n) is 4.44. The number of hydrogen-bond donors (Lipinski definition) is 0. The summed E-state index contributed by atoms with van der Waals surface area (Å²) < 4.78 is 0. The average molecular weight is 195 g/mol. The van der Waals surface area contributed by atoms with Crippen LogP contribution in [0.1, 0.15) is 40.5 Å². The Hall–Kier alpha value is -0.480. The summed E-state index contributed by atoms with van der Waals surface area (Å²) in [6, 6.07) is 0. The summed E-state index contributed by atoms with van der Waals surface area (Å²) in [6.45, 7) is 11.0. The first kappa shape index (κ1) is 13.5. The summed E-state index contributed by atoms with van der Waals surface area (Å²) in [5.41, 5.74) is 0. The third-order valence-electron chi connectivity index (χ3n) is 2.38. The highest BCUT2D eigenvalue weighted by molar-refractivity contribution is 5.00. The van der Waals surface area contributed by atoms with Crippen molar-refractivity contribution in [2.75, 3.05) is 20.1 Å². The van der Waals surface area contributed by atoms with E-state index in [2.05, 4.69) is 44.6 Å². The van der Waals surface area contributed by atoms with Crippen LogP contribution in [0.2, 0.25) is 0 Å². The smallest absolute Gasteiger partial charge is 0.0212 e. The van der Waals surface area contributed by atoms with E-state index < -0.39 is 0 Å². The van der Waals surface area contributed by atoms with Gasteiger partial charge in [0.25, 0.3) is 0 Å². The van der Waals surface area contributed by atoms with Gasteiger partial charge in [-0.25, -0.2) is 0 Å². The van der Waals surface area contributed by atoms with Crippen LogP contribution in [0.5, 0.6) is 0 Å². The lowest BCUT2D eigenvalue weighted by atomic mass is 10.0. The first-order valence-electron chi connectivity index (χ1n) is 5.70. The van der Waals surface area contributed by atoms with Gasteiger partial charge in [0.05, 0.1) is 0 Å². The predicted octanol–water partition coefficient (Wildman–Crippen LogP) is 3.01. The molecule has 0 saturated heterocycles. The molecular formula is C13H25N. The summed E-state index contributed by atoms with van der Waals surface area (Å²) in [6.07, 6.45) is 2.39. The molecule has 0 fully saturated rings. The molecule has 1 heteroatoms. The van der Waals surface area contributed by atoms with Crippen LogP contribution in [0.4, 0.5) is 0 Å². The summed E-state index contributed by atoms with van der Waals surface area (Å²) in [7, 11) is 2.20. The molecule has 0 heterocycles. The SMILES string of the molecule is CC#CC(CC)CCN(C)CC(C)C. The summed E-state index contributed by atoms with van der Waals surface area (Å²) in [5.74, 6) is 7.63. The number of rotatable bonds is 6. The molecule has 0 spiro atoms.